The molecule has 2 aromatic heterocycles. The van der Waals surface area contributed by atoms with E-state index in [0.29, 0.717) is 0 Å². The third-order valence-electron chi connectivity index (χ3n) is 6.36. The number of hydrogen-bond donors (Lipinski definition) is 6. The quantitative estimate of drug-likeness (QED) is 0.175. The number of anilines is 1. The highest BCUT2D eigenvalue weighted by molar-refractivity contribution is 7.88. The van der Waals surface area contributed by atoms with Crippen molar-refractivity contribution in [1.82, 2.24) is 29.0 Å². The maximum atomic E-state index is 14.5. The van der Waals surface area contributed by atoms with Gasteiger partial charge in [0.1, 0.15) is 30.2 Å². The normalized spacial score (nSPS) is 27.3. The van der Waals surface area contributed by atoms with E-state index in [-0.39, 0.29) is 17.0 Å². The Morgan fingerprint density at radius 3 is 2.67 bits per heavy atom. The summed E-state index contributed by atoms with van der Waals surface area (Å²) in [6.45, 7) is -0.654. The van der Waals surface area contributed by atoms with Crippen LogP contribution in [0.15, 0.2) is 36.9 Å². The van der Waals surface area contributed by atoms with Crippen LogP contribution in [0.3, 0.4) is 0 Å². The number of ketones is 1. The molecule has 0 saturated carbocycles. The van der Waals surface area contributed by atoms with Crippen LogP contribution in [0.1, 0.15) is 22.1 Å². The number of amides is 1. The number of fused-ring (bicyclic) bond motifs is 2. The Hall–Kier alpha value is -4.12. The number of nitrogen functional groups attached to an aromatic ring is 1. The van der Waals surface area contributed by atoms with Gasteiger partial charge in [0.2, 0.25) is 11.4 Å². The number of hydrogen-bond acceptors (Lipinski definition) is 12. The van der Waals surface area contributed by atoms with E-state index in [2.05, 4.69) is 15.0 Å². The van der Waals surface area contributed by atoms with E-state index in [1.165, 1.54) is 27.7 Å². The Kier molecular flexibility index (Phi) is 6.53. The van der Waals surface area contributed by atoms with E-state index in [1.807, 2.05) is 4.72 Å². The standard InChI is InChI=1S/C22H19F2N7O8S/c23-22(24)17(35)10-3-1-2-4-11(10)21(22,36)6-5-13(32)30-40(37,38)29-7-12-15(33)16(34)20(39-12)31-9-28-14-18(25)26-8-27-19(14)31/h1-4,8-9,12,15-16,20,29,33-34,36H,7H2,(H,30,32)(H2,25,26,27)/t12-,15-,16-,20-,21?/m1/s1. The summed E-state index contributed by atoms with van der Waals surface area (Å²) in [6.07, 6.45) is -3.35. The van der Waals surface area contributed by atoms with Gasteiger partial charge in [-0.05, 0) is 11.8 Å². The Labute approximate surface area is 223 Å². The first-order chi connectivity index (χ1) is 18.8. The monoisotopic (exact) mass is 579 g/mol. The number of carbonyl (C=O) groups is 2. The number of rotatable bonds is 5. The fourth-order valence-corrected chi connectivity index (χ4v) is 5.10. The summed E-state index contributed by atoms with van der Waals surface area (Å²) in [7, 11) is -4.70. The predicted octanol–water partition coefficient (Wildman–Crippen LogP) is -2.30. The lowest BCUT2D eigenvalue weighted by Gasteiger charge is -2.23. The van der Waals surface area contributed by atoms with E-state index < -0.39 is 75.6 Å². The van der Waals surface area contributed by atoms with Crippen molar-refractivity contribution in [2.75, 3.05) is 12.3 Å². The highest BCUT2D eigenvalue weighted by atomic mass is 32.2. The van der Waals surface area contributed by atoms with Crippen LogP contribution in [0, 0.1) is 11.8 Å². The van der Waals surface area contributed by atoms with E-state index in [0.717, 1.165) is 18.5 Å². The molecule has 210 valence electrons. The van der Waals surface area contributed by atoms with Crippen molar-refractivity contribution in [3.63, 3.8) is 0 Å². The third kappa shape index (κ3) is 4.34. The summed E-state index contributed by atoms with van der Waals surface area (Å²) in [6, 6.07) is 4.65. The smallest absolute Gasteiger partial charge is 0.353 e. The van der Waals surface area contributed by atoms with Crippen molar-refractivity contribution in [3.05, 3.63) is 48.0 Å². The number of nitrogens with zero attached hydrogens (tertiary/aromatic N) is 4. The summed E-state index contributed by atoms with van der Waals surface area (Å²) >= 11 is 0. The molecule has 40 heavy (non-hydrogen) atoms. The number of benzene rings is 1. The SMILES string of the molecule is Nc1ncnc2c1ncn2[C@@H]1O[C@H](CNS(=O)(=O)NC(=O)C#CC2(O)c3ccccc3C(=O)C2(F)F)[C@@H](O)[C@H]1O. The fourth-order valence-electron chi connectivity index (χ4n) is 4.35. The average molecular weight is 579 g/mol. The van der Waals surface area contributed by atoms with Crippen LogP contribution in [0.4, 0.5) is 14.6 Å². The van der Waals surface area contributed by atoms with Crippen LogP contribution in [0.5, 0.6) is 0 Å². The molecule has 1 aromatic carbocycles. The first-order valence-electron chi connectivity index (χ1n) is 11.3. The number of nitrogens with one attached hydrogen (secondary N) is 2. The van der Waals surface area contributed by atoms with E-state index >= 15 is 0 Å². The zero-order valence-electron chi connectivity index (χ0n) is 19.9. The summed E-state index contributed by atoms with van der Waals surface area (Å²) in [4.78, 5) is 36.0. The molecule has 0 radical (unpaired) electrons. The molecule has 1 amide bonds. The highest BCUT2D eigenvalue weighted by Gasteiger charge is 2.65. The number of aliphatic hydroxyl groups excluding tert-OH is 2. The van der Waals surface area contributed by atoms with Gasteiger partial charge in [0.25, 0.3) is 0 Å². The van der Waals surface area contributed by atoms with Crippen molar-refractivity contribution < 1.29 is 46.8 Å². The van der Waals surface area contributed by atoms with Gasteiger partial charge in [0, 0.05) is 17.7 Å². The number of halogens is 2. The average Bonchev–Trinajstić information content (AvgIpc) is 3.50. The van der Waals surface area contributed by atoms with Gasteiger partial charge in [0.05, 0.1) is 6.33 Å². The third-order valence-corrected chi connectivity index (χ3v) is 7.36. The molecule has 3 aromatic rings. The van der Waals surface area contributed by atoms with Gasteiger partial charge in [-0.1, -0.05) is 24.3 Å². The van der Waals surface area contributed by atoms with Gasteiger partial charge in [-0.2, -0.15) is 21.9 Å². The van der Waals surface area contributed by atoms with E-state index in [1.54, 1.807) is 11.8 Å². The molecule has 2 aliphatic rings. The number of nitrogens with two attached hydrogens (primary N) is 1. The molecule has 5 rings (SSSR count). The second kappa shape index (κ2) is 9.51. The molecule has 1 aliphatic heterocycles. The number of alkyl halides is 2. The van der Waals surface area contributed by atoms with Crippen LogP contribution in [-0.2, 0) is 25.3 Å². The Morgan fingerprint density at radius 1 is 1.20 bits per heavy atom. The maximum Gasteiger partial charge on any atom is 0.353 e. The summed E-state index contributed by atoms with van der Waals surface area (Å²) in [5, 5.41) is 31.3. The van der Waals surface area contributed by atoms with Crippen molar-refractivity contribution in [3.8, 4) is 11.8 Å². The topological polar surface area (TPSA) is 232 Å². The molecule has 1 aliphatic carbocycles. The molecule has 18 heteroatoms. The Morgan fingerprint density at radius 2 is 1.93 bits per heavy atom. The Balaban J connectivity index is 1.25. The van der Waals surface area contributed by atoms with Crippen molar-refractivity contribution in [2.45, 2.75) is 36.1 Å². The van der Waals surface area contributed by atoms with Crippen LogP contribution in [0.2, 0.25) is 0 Å². The molecule has 15 nitrogen and oxygen atoms in total. The second-order valence-corrected chi connectivity index (χ2v) is 10.3. The zero-order chi connectivity index (χ0) is 29.0. The van der Waals surface area contributed by atoms with E-state index in [9.17, 15) is 42.1 Å². The van der Waals surface area contributed by atoms with Gasteiger partial charge in [-0.25, -0.2) is 19.7 Å². The molecule has 1 saturated heterocycles. The van der Waals surface area contributed by atoms with Crippen LogP contribution in [-0.4, -0.2) is 85.7 Å². The lowest BCUT2D eigenvalue weighted by atomic mass is 9.94. The van der Waals surface area contributed by atoms with Gasteiger partial charge in [0.15, 0.2) is 17.7 Å². The molecule has 7 N–H and O–H groups in total. The minimum absolute atomic E-state index is 0.0551. The predicted molar refractivity (Wildman–Crippen MR) is 128 cm³/mol. The molecule has 1 unspecified atom stereocenters. The number of aliphatic hydroxyl groups is 3. The molecule has 0 bridgehead atoms. The van der Waals surface area contributed by atoms with Crippen LogP contribution in [0.25, 0.3) is 11.2 Å². The number of imidazole rings is 1. The van der Waals surface area contributed by atoms with Gasteiger partial charge < -0.3 is 25.8 Å². The summed E-state index contributed by atoms with van der Waals surface area (Å²) in [5.74, 6) is -4.47. The number of ether oxygens (including phenoxy) is 1. The molecule has 3 heterocycles. The fraction of sp³-hybridized carbons (Fsp3) is 0.318. The van der Waals surface area contributed by atoms with Crippen molar-refractivity contribution >= 4 is 38.9 Å². The largest absolute Gasteiger partial charge is 0.387 e. The second-order valence-electron chi connectivity index (χ2n) is 8.82. The molecule has 5 atom stereocenters. The summed E-state index contributed by atoms with van der Waals surface area (Å²) in [5.41, 5.74) is 1.72. The number of carbonyl (C=O) groups excluding carboxylic acids is 2. The van der Waals surface area contributed by atoms with Crippen LogP contribution >= 0.6 is 0 Å². The minimum atomic E-state index is -4.70. The first-order valence-corrected chi connectivity index (χ1v) is 12.8. The molecule has 1 fully saturated rings. The molecule has 0 spiro atoms. The Bertz CT molecular complexity index is 1710. The molecular weight excluding hydrogens is 560 g/mol. The van der Waals surface area contributed by atoms with Gasteiger partial charge in [-0.15, -0.1) is 0 Å². The number of Topliss-reactive ketones (excluding diaryl/α,β-unsaturated/α-hetero) is 1. The van der Waals surface area contributed by atoms with Gasteiger partial charge in [-0.3, -0.25) is 14.2 Å². The number of aromatic nitrogens is 4. The van der Waals surface area contributed by atoms with Crippen LogP contribution < -0.4 is 15.2 Å². The van der Waals surface area contributed by atoms with Gasteiger partial charge >= 0.3 is 22.0 Å². The van der Waals surface area contributed by atoms with E-state index in [4.69, 9.17) is 10.5 Å². The molecular formula is C22H19F2N7O8S. The summed E-state index contributed by atoms with van der Waals surface area (Å²) < 4.78 is 63.9. The van der Waals surface area contributed by atoms with Crippen molar-refractivity contribution in [2.24, 2.45) is 0 Å². The maximum absolute atomic E-state index is 14.5. The highest BCUT2D eigenvalue weighted by Crippen LogP contribution is 2.47. The first kappa shape index (κ1) is 27.4. The van der Waals surface area contributed by atoms with Crippen molar-refractivity contribution in [1.29, 1.82) is 0 Å². The lowest BCUT2D eigenvalue weighted by molar-refractivity contribution is -0.116. The minimum Gasteiger partial charge on any atom is -0.387 e. The lowest BCUT2D eigenvalue weighted by Crippen LogP contribution is -2.46. The zero-order valence-corrected chi connectivity index (χ0v) is 20.7.